The molecule has 7 heteroatoms. The number of fused-ring (bicyclic) bond motifs is 1. The number of carboxylic acids is 1. The molecule has 2 rings (SSSR count). The van der Waals surface area contributed by atoms with Gasteiger partial charge in [0.05, 0.1) is 16.1 Å². The van der Waals surface area contributed by atoms with Crippen LogP contribution in [-0.2, 0) is 4.79 Å². The van der Waals surface area contributed by atoms with Crippen molar-refractivity contribution in [2.45, 2.75) is 10.8 Å². The molecule has 17 heavy (non-hydrogen) atoms. The summed E-state index contributed by atoms with van der Waals surface area (Å²) >= 11 is 14.8. The predicted octanol–water partition coefficient (Wildman–Crippen LogP) is 4.17. The first kappa shape index (κ1) is 13.0. The molecule has 0 bridgehead atoms. The Bertz CT molecular complexity index is 571. The average Bonchev–Trinajstić information content (AvgIpc) is 2.60. The van der Waals surface area contributed by atoms with Crippen LogP contribution in [0.25, 0.3) is 10.2 Å². The van der Waals surface area contributed by atoms with Crippen LogP contribution in [0.1, 0.15) is 6.42 Å². The highest BCUT2D eigenvalue weighted by atomic mass is 35.5. The van der Waals surface area contributed by atoms with Gasteiger partial charge < -0.3 is 5.11 Å². The van der Waals surface area contributed by atoms with Crippen molar-refractivity contribution in [3.8, 4) is 0 Å². The molecule has 0 aliphatic rings. The lowest BCUT2D eigenvalue weighted by atomic mass is 10.3. The Hall–Kier alpha value is -0.490. The number of thiazole rings is 1. The molecule has 0 fully saturated rings. The van der Waals surface area contributed by atoms with E-state index >= 15 is 0 Å². The van der Waals surface area contributed by atoms with Crippen LogP contribution in [-0.4, -0.2) is 21.8 Å². The molecule has 1 aromatic carbocycles. The van der Waals surface area contributed by atoms with E-state index in [1.165, 1.54) is 23.1 Å². The minimum Gasteiger partial charge on any atom is -0.481 e. The summed E-state index contributed by atoms with van der Waals surface area (Å²) in [6, 6.07) is 3.46. The Kier molecular flexibility index (Phi) is 4.14. The molecule has 0 amide bonds. The molecule has 1 heterocycles. The topological polar surface area (TPSA) is 50.2 Å². The number of nitrogens with zero attached hydrogens (tertiary/aromatic N) is 1. The van der Waals surface area contributed by atoms with Crippen LogP contribution in [0.4, 0.5) is 0 Å². The molecule has 0 aliphatic heterocycles. The van der Waals surface area contributed by atoms with E-state index in [0.29, 0.717) is 15.8 Å². The van der Waals surface area contributed by atoms with Crippen LogP contribution in [0.5, 0.6) is 0 Å². The van der Waals surface area contributed by atoms with Crippen molar-refractivity contribution in [3.63, 3.8) is 0 Å². The molecule has 3 nitrogen and oxygen atoms in total. The number of benzene rings is 1. The Balaban J connectivity index is 2.20. The highest BCUT2D eigenvalue weighted by molar-refractivity contribution is 8.01. The van der Waals surface area contributed by atoms with E-state index in [0.717, 1.165) is 14.6 Å². The molecular weight excluding hydrogens is 301 g/mol. The first-order valence-electron chi connectivity index (χ1n) is 4.66. The molecule has 0 spiro atoms. The van der Waals surface area contributed by atoms with Crippen LogP contribution in [0.3, 0.4) is 0 Å². The lowest BCUT2D eigenvalue weighted by Crippen LogP contribution is -1.95. The van der Waals surface area contributed by atoms with Crippen molar-refractivity contribution in [2.24, 2.45) is 0 Å². The number of hydrogen-bond acceptors (Lipinski definition) is 4. The third-order valence-electron chi connectivity index (χ3n) is 1.94. The molecule has 0 radical (unpaired) electrons. The van der Waals surface area contributed by atoms with Crippen molar-refractivity contribution < 1.29 is 9.90 Å². The van der Waals surface area contributed by atoms with Gasteiger partial charge >= 0.3 is 5.97 Å². The normalized spacial score (nSPS) is 10.9. The van der Waals surface area contributed by atoms with E-state index in [2.05, 4.69) is 4.98 Å². The lowest BCUT2D eigenvalue weighted by molar-refractivity contribution is -0.136. The SMILES string of the molecule is O=C(O)CCSc1nc2c(Cl)cc(Cl)cc2s1. The van der Waals surface area contributed by atoms with Gasteiger partial charge in [-0.25, -0.2) is 4.98 Å². The monoisotopic (exact) mass is 307 g/mol. The highest BCUT2D eigenvalue weighted by Gasteiger charge is 2.09. The molecule has 0 unspecified atom stereocenters. The van der Waals surface area contributed by atoms with Crippen molar-refractivity contribution in [1.29, 1.82) is 0 Å². The van der Waals surface area contributed by atoms with Gasteiger partial charge in [-0.3, -0.25) is 4.79 Å². The number of aromatic nitrogens is 1. The highest BCUT2D eigenvalue weighted by Crippen LogP contribution is 2.35. The van der Waals surface area contributed by atoms with Crippen molar-refractivity contribution in [3.05, 3.63) is 22.2 Å². The molecule has 1 aromatic heterocycles. The number of hydrogen-bond donors (Lipinski definition) is 1. The van der Waals surface area contributed by atoms with Crippen LogP contribution in [0.2, 0.25) is 10.0 Å². The first-order valence-corrected chi connectivity index (χ1v) is 7.22. The van der Waals surface area contributed by atoms with Gasteiger partial charge in [0, 0.05) is 10.8 Å². The number of carboxylic acid groups (broad SMARTS) is 1. The van der Waals surface area contributed by atoms with E-state index in [9.17, 15) is 4.79 Å². The van der Waals surface area contributed by atoms with Gasteiger partial charge in [-0.05, 0) is 12.1 Å². The maximum absolute atomic E-state index is 10.4. The van der Waals surface area contributed by atoms with E-state index in [-0.39, 0.29) is 6.42 Å². The number of carbonyl (C=O) groups is 1. The first-order chi connectivity index (χ1) is 8.06. The minimum absolute atomic E-state index is 0.120. The predicted molar refractivity (Wildman–Crippen MR) is 72.6 cm³/mol. The third-order valence-corrected chi connectivity index (χ3v) is 4.59. The quantitative estimate of drug-likeness (QED) is 0.861. The smallest absolute Gasteiger partial charge is 0.304 e. The van der Waals surface area contributed by atoms with Gasteiger partial charge in [0.2, 0.25) is 0 Å². The van der Waals surface area contributed by atoms with Crippen LogP contribution >= 0.6 is 46.3 Å². The van der Waals surface area contributed by atoms with Gasteiger partial charge in [0.1, 0.15) is 5.52 Å². The van der Waals surface area contributed by atoms with Crippen LogP contribution < -0.4 is 0 Å². The maximum Gasteiger partial charge on any atom is 0.304 e. The summed E-state index contributed by atoms with van der Waals surface area (Å²) in [6.07, 6.45) is 0.120. The van der Waals surface area contributed by atoms with Gasteiger partial charge in [-0.2, -0.15) is 0 Å². The van der Waals surface area contributed by atoms with Gasteiger partial charge in [-0.15, -0.1) is 11.3 Å². The zero-order valence-corrected chi connectivity index (χ0v) is 11.6. The fraction of sp³-hybridized carbons (Fsp3) is 0.200. The summed E-state index contributed by atoms with van der Waals surface area (Å²) in [5.74, 6) is -0.305. The van der Waals surface area contributed by atoms with Crippen molar-refractivity contribution in [2.75, 3.05) is 5.75 Å². The maximum atomic E-state index is 10.4. The average molecular weight is 308 g/mol. The van der Waals surface area contributed by atoms with Crippen LogP contribution in [0, 0.1) is 0 Å². The number of halogens is 2. The van der Waals surface area contributed by atoms with Crippen molar-refractivity contribution in [1.82, 2.24) is 4.98 Å². The Labute approximate surface area is 116 Å². The van der Waals surface area contributed by atoms with Crippen molar-refractivity contribution >= 4 is 62.5 Å². The molecule has 0 saturated carbocycles. The van der Waals surface area contributed by atoms with Gasteiger partial charge in [-0.1, -0.05) is 35.0 Å². The van der Waals surface area contributed by atoms with E-state index < -0.39 is 5.97 Å². The molecule has 90 valence electrons. The molecule has 0 aliphatic carbocycles. The second-order valence-corrected chi connectivity index (χ2v) is 6.42. The fourth-order valence-corrected chi connectivity index (χ4v) is 4.01. The Morgan fingerprint density at radius 3 is 2.94 bits per heavy atom. The molecule has 2 aromatic rings. The summed E-state index contributed by atoms with van der Waals surface area (Å²) in [4.78, 5) is 14.7. The zero-order chi connectivity index (χ0) is 12.4. The van der Waals surface area contributed by atoms with Gasteiger partial charge in [0.15, 0.2) is 4.34 Å². The van der Waals surface area contributed by atoms with Crippen LogP contribution in [0.15, 0.2) is 16.5 Å². The summed E-state index contributed by atoms with van der Waals surface area (Å²) in [6.45, 7) is 0. The van der Waals surface area contributed by atoms with E-state index in [1.807, 2.05) is 6.07 Å². The summed E-state index contributed by atoms with van der Waals surface area (Å²) in [5, 5.41) is 9.64. The second kappa shape index (κ2) is 5.44. The van der Waals surface area contributed by atoms with Gasteiger partial charge in [0.25, 0.3) is 0 Å². The lowest BCUT2D eigenvalue weighted by Gasteiger charge is -1.92. The second-order valence-electron chi connectivity index (χ2n) is 3.21. The summed E-state index contributed by atoms with van der Waals surface area (Å²) in [5.41, 5.74) is 0.721. The number of thioether (sulfide) groups is 1. The Morgan fingerprint density at radius 1 is 1.47 bits per heavy atom. The molecular formula is C10H7Cl2NO2S2. The standard InChI is InChI=1S/C10H7Cl2NO2S2/c11-5-3-6(12)9-7(4-5)17-10(13-9)16-2-1-8(14)15/h3-4H,1-2H2,(H,14,15). The largest absolute Gasteiger partial charge is 0.481 e. The number of aliphatic carboxylic acids is 1. The fourth-order valence-electron chi connectivity index (χ4n) is 1.22. The minimum atomic E-state index is -0.806. The summed E-state index contributed by atoms with van der Waals surface area (Å²) in [7, 11) is 0. The Morgan fingerprint density at radius 2 is 2.24 bits per heavy atom. The molecule has 0 saturated heterocycles. The zero-order valence-electron chi connectivity index (χ0n) is 8.44. The number of rotatable bonds is 4. The molecule has 0 atom stereocenters. The summed E-state index contributed by atoms with van der Waals surface area (Å²) < 4.78 is 1.73. The third kappa shape index (κ3) is 3.25. The van der Waals surface area contributed by atoms with E-state index in [1.54, 1.807) is 6.07 Å². The molecule has 1 N–H and O–H groups in total. The van der Waals surface area contributed by atoms with E-state index in [4.69, 9.17) is 28.3 Å².